The number of carbonyl (C=O) groups is 6. The average Bonchev–Trinajstić information content (AvgIpc) is 2.90. The van der Waals surface area contributed by atoms with Crippen LogP contribution in [0.25, 0.3) is 0 Å². The van der Waals surface area contributed by atoms with Gasteiger partial charge < -0.3 is 24.1 Å². The molecule has 12 heteroatoms. The Morgan fingerprint density at radius 1 is 0.927 bits per heavy atom. The number of Topliss-reactive ketones (excluding diaryl/α,β-unsaturated/α-hetero) is 1. The fourth-order valence-electron chi connectivity index (χ4n) is 5.68. The SMILES string of the molecule is CC(=O)OCC1OC(c2ccc3c(c2O)C(=O)c2cnc4c(c2C3=O)C(=O)CCC4)CC(OC(C)=O)C1OC(C)=O. The number of nitrogens with zero attached hydrogens (tertiary/aromatic N) is 1. The number of esters is 3. The molecule has 0 spiro atoms. The maximum atomic E-state index is 13.6. The molecule has 214 valence electrons. The van der Waals surface area contributed by atoms with Crippen molar-refractivity contribution < 1.29 is 52.8 Å². The Hall–Kier alpha value is -4.45. The smallest absolute Gasteiger partial charge is 0.303 e. The highest BCUT2D eigenvalue weighted by atomic mass is 16.6. The minimum Gasteiger partial charge on any atom is -0.507 e. The van der Waals surface area contributed by atoms with Crippen LogP contribution >= 0.6 is 0 Å². The van der Waals surface area contributed by atoms with Crippen molar-refractivity contribution in [1.82, 2.24) is 4.98 Å². The lowest BCUT2D eigenvalue weighted by atomic mass is 9.77. The zero-order valence-electron chi connectivity index (χ0n) is 22.6. The Balaban J connectivity index is 1.55. The van der Waals surface area contributed by atoms with E-state index < -0.39 is 59.6 Å². The van der Waals surface area contributed by atoms with Crippen molar-refractivity contribution >= 4 is 35.3 Å². The number of pyridine rings is 1. The molecule has 3 aliphatic rings. The lowest BCUT2D eigenvalue weighted by Gasteiger charge is -2.40. The van der Waals surface area contributed by atoms with E-state index in [9.17, 15) is 33.9 Å². The van der Waals surface area contributed by atoms with Crippen LogP contribution in [-0.2, 0) is 39.8 Å². The molecule has 0 amide bonds. The minimum atomic E-state index is -1.13. The summed E-state index contributed by atoms with van der Waals surface area (Å²) in [6.07, 6.45) is -1.77. The summed E-state index contributed by atoms with van der Waals surface area (Å²) in [7, 11) is 0. The first-order chi connectivity index (χ1) is 19.5. The van der Waals surface area contributed by atoms with Gasteiger partial charge in [0.05, 0.1) is 28.5 Å². The average molecular weight is 566 g/mol. The number of carbonyl (C=O) groups excluding carboxylic acids is 6. The third kappa shape index (κ3) is 5.10. The number of rotatable bonds is 5. The first kappa shape index (κ1) is 28.1. The molecule has 0 bridgehead atoms. The Kier molecular flexibility index (Phi) is 7.43. The van der Waals surface area contributed by atoms with Gasteiger partial charge in [-0.05, 0) is 18.9 Å². The number of hydrogen-bond acceptors (Lipinski definition) is 12. The van der Waals surface area contributed by atoms with E-state index in [0.717, 1.165) is 6.92 Å². The molecule has 5 rings (SSSR count). The second-order valence-electron chi connectivity index (χ2n) is 10.2. The number of aromatic nitrogens is 1. The van der Waals surface area contributed by atoms with Gasteiger partial charge in [0.2, 0.25) is 0 Å². The van der Waals surface area contributed by atoms with Crippen molar-refractivity contribution in [3.8, 4) is 5.75 Å². The summed E-state index contributed by atoms with van der Waals surface area (Å²) in [4.78, 5) is 79.4. The van der Waals surface area contributed by atoms with E-state index in [2.05, 4.69) is 4.98 Å². The quantitative estimate of drug-likeness (QED) is 0.354. The third-order valence-corrected chi connectivity index (χ3v) is 7.34. The molecule has 1 N–H and O–H groups in total. The molecule has 2 aliphatic carbocycles. The summed E-state index contributed by atoms with van der Waals surface area (Å²) in [5.74, 6) is -4.02. The van der Waals surface area contributed by atoms with Gasteiger partial charge in [0, 0.05) is 56.5 Å². The molecule has 0 radical (unpaired) electrons. The van der Waals surface area contributed by atoms with Gasteiger partial charge in [0.15, 0.2) is 23.5 Å². The zero-order valence-corrected chi connectivity index (χ0v) is 22.6. The van der Waals surface area contributed by atoms with Gasteiger partial charge in [0.1, 0.15) is 24.6 Å². The largest absolute Gasteiger partial charge is 0.507 e. The summed E-state index contributed by atoms with van der Waals surface area (Å²) in [5, 5.41) is 11.4. The standard InChI is InChI=1S/C29H27NO11/c1-12(31)38-11-22-29(40-14(3)33)21(39-13(2)32)9-20(41-22)15-7-8-16-24(26(15)35)28(37)17-10-30-18-5-4-6-19(34)25(18)23(17)27(16)36/h7-8,10,20-22,29,35H,4-6,9,11H2,1-3H3. The van der Waals surface area contributed by atoms with Crippen molar-refractivity contribution in [1.29, 1.82) is 0 Å². The number of aryl methyl sites for hydroxylation is 1. The normalized spacial score (nSPS) is 23.1. The van der Waals surface area contributed by atoms with Gasteiger partial charge >= 0.3 is 17.9 Å². The molecule has 2 heterocycles. The first-order valence-electron chi connectivity index (χ1n) is 13.1. The van der Waals surface area contributed by atoms with Crippen molar-refractivity contribution in [3.05, 3.63) is 57.4 Å². The molecule has 12 nitrogen and oxygen atoms in total. The summed E-state index contributed by atoms with van der Waals surface area (Å²) in [6.45, 7) is 3.16. The second-order valence-corrected chi connectivity index (χ2v) is 10.2. The maximum absolute atomic E-state index is 13.6. The molecular weight excluding hydrogens is 538 g/mol. The van der Waals surface area contributed by atoms with Gasteiger partial charge in [-0.3, -0.25) is 33.8 Å². The molecule has 1 saturated heterocycles. The first-order valence-corrected chi connectivity index (χ1v) is 13.1. The molecule has 1 aromatic heterocycles. The van der Waals surface area contributed by atoms with Crippen LogP contribution in [0.3, 0.4) is 0 Å². The number of ketones is 3. The van der Waals surface area contributed by atoms with Gasteiger partial charge in [-0.2, -0.15) is 0 Å². The molecular formula is C29H27NO11. The Morgan fingerprint density at radius 2 is 1.63 bits per heavy atom. The number of benzene rings is 1. The Bertz CT molecular complexity index is 1510. The van der Waals surface area contributed by atoms with E-state index in [1.165, 1.54) is 32.2 Å². The number of phenols is 1. The maximum Gasteiger partial charge on any atom is 0.303 e. The Morgan fingerprint density at radius 3 is 2.32 bits per heavy atom. The van der Waals surface area contributed by atoms with Gasteiger partial charge in [-0.25, -0.2) is 0 Å². The number of aromatic hydroxyl groups is 1. The highest BCUT2D eigenvalue weighted by Gasteiger charge is 2.46. The molecule has 1 aliphatic heterocycles. The fraction of sp³-hybridized carbons (Fsp3) is 0.414. The predicted molar refractivity (Wildman–Crippen MR) is 136 cm³/mol. The van der Waals surface area contributed by atoms with Crippen LogP contribution in [0.1, 0.15) is 99.6 Å². The summed E-state index contributed by atoms with van der Waals surface area (Å²) >= 11 is 0. The van der Waals surface area contributed by atoms with Gasteiger partial charge in [-0.1, -0.05) is 6.07 Å². The van der Waals surface area contributed by atoms with Crippen molar-refractivity contribution in [2.45, 2.75) is 70.9 Å². The lowest BCUT2D eigenvalue weighted by Crippen LogP contribution is -2.51. The monoisotopic (exact) mass is 565 g/mol. The number of ether oxygens (including phenoxy) is 4. The van der Waals surface area contributed by atoms with E-state index in [1.54, 1.807) is 0 Å². The summed E-state index contributed by atoms with van der Waals surface area (Å²) in [6, 6.07) is 2.78. The van der Waals surface area contributed by atoms with Crippen molar-refractivity contribution in [2.24, 2.45) is 0 Å². The van der Waals surface area contributed by atoms with Crippen LogP contribution in [0.4, 0.5) is 0 Å². The van der Waals surface area contributed by atoms with Crippen LogP contribution in [0.2, 0.25) is 0 Å². The second kappa shape index (κ2) is 10.8. The molecule has 0 saturated carbocycles. The van der Waals surface area contributed by atoms with Crippen LogP contribution in [0, 0.1) is 0 Å². The van der Waals surface area contributed by atoms with E-state index in [1.807, 2.05) is 0 Å². The molecule has 41 heavy (non-hydrogen) atoms. The number of hydrogen-bond donors (Lipinski definition) is 1. The highest BCUT2D eigenvalue weighted by Crippen LogP contribution is 2.43. The highest BCUT2D eigenvalue weighted by molar-refractivity contribution is 6.31. The van der Waals surface area contributed by atoms with E-state index in [4.69, 9.17) is 18.9 Å². The van der Waals surface area contributed by atoms with Gasteiger partial charge in [0.25, 0.3) is 0 Å². The van der Waals surface area contributed by atoms with Crippen molar-refractivity contribution in [2.75, 3.05) is 6.61 Å². The predicted octanol–water partition coefficient (Wildman–Crippen LogP) is 2.34. The summed E-state index contributed by atoms with van der Waals surface area (Å²) < 4.78 is 21.9. The zero-order chi connectivity index (χ0) is 29.6. The van der Waals surface area contributed by atoms with Gasteiger partial charge in [-0.15, -0.1) is 0 Å². The van der Waals surface area contributed by atoms with E-state index in [0.29, 0.717) is 18.5 Å². The molecule has 4 unspecified atom stereocenters. The third-order valence-electron chi connectivity index (χ3n) is 7.34. The Labute approximate surface area is 233 Å². The molecule has 2 aromatic rings. The molecule has 4 atom stereocenters. The van der Waals surface area contributed by atoms with E-state index >= 15 is 0 Å². The topological polar surface area (TPSA) is 172 Å². The fourth-order valence-corrected chi connectivity index (χ4v) is 5.68. The van der Waals surface area contributed by atoms with Crippen LogP contribution in [-0.4, -0.2) is 70.3 Å². The minimum absolute atomic E-state index is 0.00106. The number of fused-ring (bicyclic) bond motifs is 4. The molecule has 1 fully saturated rings. The molecule has 1 aromatic carbocycles. The summed E-state index contributed by atoms with van der Waals surface area (Å²) in [5.41, 5.74) is 0.313. The van der Waals surface area contributed by atoms with Crippen LogP contribution < -0.4 is 0 Å². The van der Waals surface area contributed by atoms with Crippen LogP contribution in [0.15, 0.2) is 18.3 Å². The lowest BCUT2D eigenvalue weighted by molar-refractivity contribution is -0.216. The van der Waals surface area contributed by atoms with Crippen LogP contribution in [0.5, 0.6) is 5.75 Å². The number of phenolic OH excluding ortho intramolecular Hbond substituents is 1. The van der Waals surface area contributed by atoms with Crippen molar-refractivity contribution in [3.63, 3.8) is 0 Å². The van der Waals surface area contributed by atoms with E-state index in [-0.39, 0.29) is 58.6 Å².